The van der Waals surface area contributed by atoms with Gasteiger partial charge in [-0.15, -0.1) is 0 Å². The van der Waals surface area contributed by atoms with Crippen molar-refractivity contribution in [1.29, 1.82) is 0 Å². The summed E-state index contributed by atoms with van der Waals surface area (Å²) >= 11 is 0. The maximum absolute atomic E-state index is 12.6. The summed E-state index contributed by atoms with van der Waals surface area (Å²) in [5, 5.41) is 20.5. The molecule has 0 amide bonds. The van der Waals surface area contributed by atoms with Crippen molar-refractivity contribution in [2.75, 3.05) is 20.3 Å². The number of carbonyl (C=O) groups is 2. The minimum atomic E-state index is -1.07. The summed E-state index contributed by atoms with van der Waals surface area (Å²) in [6.07, 6.45) is -0.330. The van der Waals surface area contributed by atoms with Gasteiger partial charge in [-0.05, 0) is 37.1 Å². The van der Waals surface area contributed by atoms with Crippen LogP contribution >= 0.6 is 0 Å². The lowest BCUT2D eigenvalue weighted by molar-refractivity contribution is -0.137. The number of carboxylic acids is 1. The Labute approximate surface area is 123 Å². The van der Waals surface area contributed by atoms with Gasteiger partial charge in [-0.2, -0.15) is 0 Å². The number of aliphatic carboxylic acids is 1. The zero-order valence-corrected chi connectivity index (χ0v) is 12.5. The average molecular weight is 295 g/mol. The predicted molar refractivity (Wildman–Crippen MR) is 77.9 cm³/mol. The summed E-state index contributed by atoms with van der Waals surface area (Å²) < 4.78 is 5.15. The van der Waals surface area contributed by atoms with Crippen LogP contribution in [-0.4, -0.2) is 48.3 Å². The Balaban J connectivity index is 3.10. The maximum Gasteiger partial charge on any atom is 0.305 e. The zero-order valence-electron chi connectivity index (χ0n) is 12.5. The zero-order chi connectivity index (χ0) is 16.0. The first-order chi connectivity index (χ1) is 9.90. The van der Waals surface area contributed by atoms with E-state index in [0.29, 0.717) is 11.3 Å². The Morgan fingerprint density at radius 2 is 1.86 bits per heavy atom. The quantitative estimate of drug-likeness (QED) is 0.617. The van der Waals surface area contributed by atoms with Gasteiger partial charge in [-0.25, -0.2) is 0 Å². The summed E-state index contributed by atoms with van der Waals surface area (Å²) in [5.41, 5.74) is 1.96. The van der Waals surface area contributed by atoms with Gasteiger partial charge in [0, 0.05) is 12.1 Å². The summed E-state index contributed by atoms with van der Waals surface area (Å²) in [5.74, 6) is -0.703. The highest BCUT2D eigenvalue weighted by atomic mass is 16.5. The number of Topliss-reactive ketones (excluding diaryl/α,β-unsaturated/α-hetero) is 1. The molecule has 0 bridgehead atoms. The fraction of sp³-hybridized carbons (Fsp3) is 0.467. The van der Waals surface area contributed by atoms with Crippen LogP contribution in [-0.2, 0) is 4.79 Å². The molecule has 1 aromatic carbocycles. The Kier molecular flexibility index (Phi) is 6.33. The van der Waals surface area contributed by atoms with Crippen LogP contribution in [0.15, 0.2) is 12.1 Å². The lowest BCUT2D eigenvalue weighted by atomic mass is 9.93. The number of aryl methyl sites for hydroxylation is 2. The fourth-order valence-corrected chi connectivity index (χ4v) is 2.28. The molecule has 0 saturated heterocycles. The van der Waals surface area contributed by atoms with Gasteiger partial charge in [0.05, 0.1) is 26.2 Å². The van der Waals surface area contributed by atoms with Gasteiger partial charge in [0.1, 0.15) is 5.75 Å². The number of ether oxygens (including phenoxy) is 1. The number of ketones is 1. The Morgan fingerprint density at radius 3 is 2.29 bits per heavy atom. The van der Waals surface area contributed by atoms with E-state index in [0.717, 1.165) is 11.1 Å². The van der Waals surface area contributed by atoms with Crippen molar-refractivity contribution in [3.63, 3.8) is 0 Å². The highest BCUT2D eigenvalue weighted by Gasteiger charge is 2.25. The van der Waals surface area contributed by atoms with Crippen LogP contribution in [0.4, 0.5) is 0 Å². The predicted octanol–water partition coefficient (Wildman–Crippen LogP) is 0.920. The Morgan fingerprint density at radius 1 is 1.29 bits per heavy atom. The fourth-order valence-electron chi connectivity index (χ4n) is 2.28. The molecule has 116 valence electrons. The molecule has 0 aliphatic carbocycles. The van der Waals surface area contributed by atoms with Crippen LogP contribution in [0.25, 0.3) is 0 Å². The van der Waals surface area contributed by atoms with Crippen molar-refractivity contribution in [3.05, 3.63) is 28.8 Å². The number of carbonyl (C=O) groups excluding carboxylic acids is 1. The largest absolute Gasteiger partial charge is 0.497 e. The van der Waals surface area contributed by atoms with Crippen molar-refractivity contribution in [2.24, 2.45) is 0 Å². The summed E-state index contributed by atoms with van der Waals surface area (Å²) in [6.45, 7) is 3.57. The molecule has 0 aliphatic rings. The number of hydrogen-bond acceptors (Lipinski definition) is 5. The standard InChI is InChI=1S/C15H21NO5/c1-9-6-11(21-3)7-10(2)14(9)15(20)12(8-13(18)19)16-4-5-17/h6-7,12,16-17H,4-5,8H2,1-3H3,(H,18,19). The number of aliphatic hydroxyl groups is 1. The number of methoxy groups -OCH3 is 1. The molecule has 6 heteroatoms. The third kappa shape index (κ3) is 4.54. The molecule has 0 radical (unpaired) electrons. The number of rotatable bonds is 8. The van der Waals surface area contributed by atoms with E-state index in [1.807, 2.05) is 0 Å². The SMILES string of the molecule is COc1cc(C)c(C(=O)C(CC(=O)O)NCCO)c(C)c1. The first-order valence-corrected chi connectivity index (χ1v) is 6.66. The van der Waals surface area contributed by atoms with Crippen LogP contribution in [0.3, 0.4) is 0 Å². The van der Waals surface area contributed by atoms with Crippen molar-refractivity contribution < 1.29 is 24.5 Å². The van der Waals surface area contributed by atoms with Gasteiger partial charge in [-0.1, -0.05) is 0 Å². The van der Waals surface area contributed by atoms with E-state index in [1.54, 1.807) is 33.1 Å². The molecule has 6 nitrogen and oxygen atoms in total. The van der Waals surface area contributed by atoms with E-state index in [9.17, 15) is 9.59 Å². The summed E-state index contributed by atoms with van der Waals surface area (Å²) in [7, 11) is 1.55. The van der Waals surface area contributed by atoms with E-state index in [4.69, 9.17) is 14.9 Å². The Hall–Kier alpha value is -1.92. The molecule has 0 aromatic heterocycles. The first-order valence-electron chi connectivity index (χ1n) is 6.66. The van der Waals surface area contributed by atoms with Crippen LogP contribution in [0.1, 0.15) is 27.9 Å². The second-order valence-corrected chi connectivity index (χ2v) is 4.83. The lowest BCUT2D eigenvalue weighted by Gasteiger charge is -2.18. The third-order valence-electron chi connectivity index (χ3n) is 3.19. The van der Waals surface area contributed by atoms with E-state index in [2.05, 4.69) is 5.32 Å². The van der Waals surface area contributed by atoms with Gasteiger partial charge in [0.2, 0.25) is 0 Å². The normalized spacial score (nSPS) is 12.0. The smallest absolute Gasteiger partial charge is 0.305 e. The molecule has 0 spiro atoms. The molecule has 1 rings (SSSR count). The minimum absolute atomic E-state index is 0.163. The number of aliphatic hydroxyl groups excluding tert-OH is 1. The molecule has 1 aromatic rings. The van der Waals surface area contributed by atoms with Gasteiger partial charge in [0.25, 0.3) is 0 Å². The van der Waals surface area contributed by atoms with Crippen LogP contribution in [0.5, 0.6) is 5.75 Å². The first kappa shape index (κ1) is 17.1. The molecule has 0 fully saturated rings. The van der Waals surface area contributed by atoms with E-state index < -0.39 is 12.0 Å². The van der Waals surface area contributed by atoms with Crippen LogP contribution in [0, 0.1) is 13.8 Å². The molecule has 0 saturated carbocycles. The van der Waals surface area contributed by atoms with E-state index >= 15 is 0 Å². The van der Waals surface area contributed by atoms with Crippen molar-refractivity contribution in [3.8, 4) is 5.75 Å². The molecule has 21 heavy (non-hydrogen) atoms. The van der Waals surface area contributed by atoms with Gasteiger partial charge < -0.3 is 20.3 Å². The number of hydrogen-bond donors (Lipinski definition) is 3. The monoisotopic (exact) mass is 295 g/mol. The van der Waals surface area contributed by atoms with E-state index in [1.165, 1.54) is 0 Å². The molecular weight excluding hydrogens is 274 g/mol. The van der Waals surface area contributed by atoms with Crippen molar-refractivity contribution in [1.82, 2.24) is 5.32 Å². The van der Waals surface area contributed by atoms with Crippen molar-refractivity contribution >= 4 is 11.8 Å². The number of carboxylic acid groups (broad SMARTS) is 1. The molecule has 0 heterocycles. The topological polar surface area (TPSA) is 95.9 Å². The molecular formula is C15H21NO5. The van der Waals surface area contributed by atoms with Gasteiger partial charge >= 0.3 is 5.97 Å². The van der Waals surface area contributed by atoms with Crippen LogP contribution < -0.4 is 10.1 Å². The highest BCUT2D eigenvalue weighted by molar-refractivity contribution is 6.04. The lowest BCUT2D eigenvalue weighted by Crippen LogP contribution is -2.40. The molecule has 1 unspecified atom stereocenters. The van der Waals surface area contributed by atoms with Crippen LogP contribution in [0.2, 0.25) is 0 Å². The summed E-state index contributed by atoms with van der Waals surface area (Å²) in [4.78, 5) is 23.5. The Bertz CT molecular complexity index is 504. The van der Waals surface area contributed by atoms with Gasteiger partial charge in [0.15, 0.2) is 5.78 Å². The van der Waals surface area contributed by atoms with Crippen molar-refractivity contribution in [2.45, 2.75) is 26.3 Å². The summed E-state index contributed by atoms with van der Waals surface area (Å²) in [6, 6.07) is 2.62. The number of benzene rings is 1. The maximum atomic E-state index is 12.6. The second kappa shape index (κ2) is 7.75. The minimum Gasteiger partial charge on any atom is -0.497 e. The third-order valence-corrected chi connectivity index (χ3v) is 3.19. The molecule has 0 aliphatic heterocycles. The second-order valence-electron chi connectivity index (χ2n) is 4.83. The van der Waals surface area contributed by atoms with Gasteiger partial charge in [-0.3, -0.25) is 9.59 Å². The average Bonchev–Trinajstić information content (AvgIpc) is 2.41. The van der Waals surface area contributed by atoms with E-state index in [-0.39, 0.29) is 25.4 Å². The molecule has 3 N–H and O–H groups in total. The highest BCUT2D eigenvalue weighted by Crippen LogP contribution is 2.23. The molecule has 1 atom stereocenters. The number of nitrogens with one attached hydrogen (secondary N) is 1.